The molecule has 5 nitrogen and oxygen atoms in total. The quantitative estimate of drug-likeness (QED) is 0.792. The Bertz CT molecular complexity index is 726. The van der Waals surface area contributed by atoms with E-state index in [2.05, 4.69) is 12.2 Å². The molecule has 128 valence electrons. The first-order valence-corrected chi connectivity index (χ1v) is 8.09. The monoisotopic (exact) mass is 329 g/mol. The predicted octanol–water partition coefficient (Wildman–Crippen LogP) is 3.31. The number of nitrogens with one attached hydrogen (secondary N) is 1. The first-order valence-electron chi connectivity index (χ1n) is 8.09. The normalized spacial score (nSPS) is 11.8. The smallest absolute Gasteiger partial charge is 0.339 e. The SMILES string of the molecule is CCCC(C)NC(=O)COC(=O)c1ccc(OC)c2ccccc12. The van der Waals surface area contributed by atoms with E-state index in [1.165, 1.54) is 0 Å². The average Bonchev–Trinajstić information content (AvgIpc) is 2.58. The van der Waals surface area contributed by atoms with Crippen LogP contribution in [0.25, 0.3) is 10.8 Å². The van der Waals surface area contributed by atoms with E-state index in [4.69, 9.17) is 9.47 Å². The van der Waals surface area contributed by atoms with Crippen molar-refractivity contribution < 1.29 is 19.1 Å². The number of esters is 1. The number of carbonyl (C=O) groups is 2. The summed E-state index contributed by atoms with van der Waals surface area (Å²) in [7, 11) is 1.58. The molecule has 24 heavy (non-hydrogen) atoms. The Morgan fingerprint density at radius 1 is 1.12 bits per heavy atom. The second-order valence-corrected chi connectivity index (χ2v) is 5.69. The molecular formula is C19H23NO4. The van der Waals surface area contributed by atoms with Crippen LogP contribution in [0.4, 0.5) is 0 Å². The molecule has 2 rings (SSSR count). The molecule has 1 N–H and O–H groups in total. The van der Waals surface area contributed by atoms with Gasteiger partial charge in [0.2, 0.25) is 0 Å². The van der Waals surface area contributed by atoms with E-state index in [9.17, 15) is 9.59 Å². The lowest BCUT2D eigenvalue weighted by Gasteiger charge is -2.13. The van der Waals surface area contributed by atoms with E-state index >= 15 is 0 Å². The average molecular weight is 329 g/mol. The zero-order valence-corrected chi connectivity index (χ0v) is 14.3. The highest BCUT2D eigenvalue weighted by molar-refractivity contribution is 6.06. The standard InChI is InChI=1S/C19H23NO4/c1-4-7-13(2)20-18(21)12-24-19(22)16-10-11-17(23-3)15-9-6-5-8-14(15)16/h5-6,8-11,13H,4,7,12H2,1-3H3,(H,20,21). The van der Waals surface area contributed by atoms with Crippen LogP contribution in [0.1, 0.15) is 37.0 Å². The van der Waals surface area contributed by atoms with Crippen molar-refractivity contribution in [1.29, 1.82) is 0 Å². The van der Waals surface area contributed by atoms with E-state index in [1.807, 2.05) is 31.2 Å². The summed E-state index contributed by atoms with van der Waals surface area (Å²) in [5, 5.41) is 4.37. The molecule has 0 fully saturated rings. The van der Waals surface area contributed by atoms with Gasteiger partial charge in [0.25, 0.3) is 5.91 Å². The van der Waals surface area contributed by atoms with Gasteiger partial charge in [-0.15, -0.1) is 0 Å². The summed E-state index contributed by atoms with van der Waals surface area (Å²) >= 11 is 0. The molecule has 0 aromatic heterocycles. The van der Waals surface area contributed by atoms with Crippen molar-refractivity contribution in [2.75, 3.05) is 13.7 Å². The molecule has 0 aliphatic heterocycles. The van der Waals surface area contributed by atoms with Crippen LogP contribution < -0.4 is 10.1 Å². The van der Waals surface area contributed by atoms with Crippen molar-refractivity contribution >= 4 is 22.6 Å². The first-order chi connectivity index (χ1) is 11.6. The third kappa shape index (κ3) is 4.25. The van der Waals surface area contributed by atoms with E-state index in [0.717, 1.165) is 23.6 Å². The maximum Gasteiger partial charge on any atom is 0.339 e. The largest absolute Gasteiger partial charge is 0.496 e. The fourth-order valence-electron chi connectivity index (χ4n) is 2.66. The van der Waals surface area contributed by atoms with Gasteiger partial charge in [-0.25, -0.2) is 4.79 Å². The van der Waals surface area contributed by atoms with Gasteiger partial charge in [-0.1, -0.05) is 37.6 Å². The summed E-state index contributed by atoms with van der Waals surface area (Å²) in [5.41, 5.74) is 0.417. The van der Waals surface area contributed by atoms with Crippen LogP contribution in [-0.4, -0.2) is 31.6 Å². The summed E-state index contributed by atoms with van der Waals surface area (Å²) in [6.07, 6.45) is 1.88. The van der Waals surface area contributed by atoms with Crippen LogP contribution in [-0.2, 0) is 9.53 Å². The highest BCUT2D eigenvalue weighted by Crippen LogP contribution is 2.28. The summed E-state index contributed by atoms with van der Waals surface area (Å²) in [5.74, 6) is -0.123. The second-order valence-electron chi connectivity index (χ2n) is 5.69. The van der Waals surface area contributed by atoms with Crippen LogP contribution in [0.3, 0.4) is 0 Å². The van der Waals surface area contributed by atoms with E-state index < -0.39 is 5.97 Å². The van der Waals surface area contributed by atoms with Crippen molar-refractivity contribution in [1.82, 2.24) is 5.32 Å². The number of ether oxygens (including phenoxy) is 2. The van der Waals surface area contributed by atoms with Crippen LogP contribution in [0.15, 0.2) is 36.4 Å². The highest BCUT2D eigenvalue weighted by atomic mass is 16.5. The fraction of sp³-hybridized carbons (Fsp3) is 0.368. The summed E-state index contributed by atoms with van der Waals surface area (Å²) < 4.78 is 10.5. The number of amides is 1. The first kappa shape index (κ1) is 17.8. The van der Waals surface area contributed by atoms with Gasteiger partial charge in [0.15, 0.2) is 6.61 Å². The Morgan fingerprint density at radius 3 is 2.50 bits per heavy atom. The molecule has 2 aromatic carbocycles. The molecular weight excluding hydrogens is 306 g/mol. The van der Waals surface area contributed by atoms with E-state index in [1.54, 1.807) is 19.2 Å². The molecule has 1 amide bonds. The maximum absolute atomic E-state index is 12.3. The molecule has 0 aliphatic carbocycles. The number of methoxy groups -OCH3 is 1. The lowest BCUT2D eigenvalue weighted by atomic mass is 10.0. The van der Waals surface area contributed by atoms with Gasteiger partial charge in [0.1, 0.15) is 5.75 Å². The van der Waals surface area contributed by atoms with Crippen molar-refractivity contribution in [3.63, 3.8) is 0 Å². The lowest BCUT2D eigenvalue weighted by molar-refractivity contribution is -0.124. The lowest BCUT2D eigenvalue weighted by Crippen LogP contribution is -2.35. The molecule has 1 atom stereocenters. The Balaban J connectivity index is 2.08. The molecule has 0 bridgehead atoms. The fourth-order valence-corrected chi connectivity index (χ4v) is 2.66. The van der Waals surface area contributed by atoms with E-state index in [-0.39, 0.29) is 18.6 Å². The zero-order valence-electron chi connectivity index (χ0n) is 14.3. The van der Waals surface area contributed by atoms with Crippen LogP contribution in [0, 0.1) is 0 Å². The Morgan fingerprint density at radius 2 is 1.83 bits per heavy atom. The highest BCUT2D eigenvalue weighted by Gasteiger charge is 2.16. The molecule has 2 aromatic rings. The Kier molecular flexibility index (Phi) is 6.18. The maximum atomic E-state index is 12.3. The molecule has 0 spiro atoms. The van der Waals surface area contributed by atoms with Gasteiger partial charge in [-0.05, 0) is 30.9 Å². The Hall–Kier alpha value is -2.56. The number of hydrogen-bond acceptors (Lipinski definition) is 4. The number of rotatable bonds is 7. The zero-order chi connectivity index (χ0) is 17.5. The van der Waals surface area contributed by atoms with Gasteiger partial charge in [0.05, 0.1) is 12.7 Å². The van der Waals surface area contributed by atoms with Crippen molar-refractivity contribution in [2.45, 2.75) is 32.7 Å². The topological polar surface area (TPSA) is 64.6 Å². The number of carbonyl (C=O) groups excluding carboxylic acids is 2. The van der Waals surface area contributed by atoms with Gasteiger partial charge >= 0.3 is 5.97 Å². The van der Waals surface area contributed by atoms with Crippen LogP contribution in [0.2, 0.25) is 0 Å². The minimum atomic E-state index is -0.521. The molecule has 0 saturated carbocycles. The van der Waals surface area contributed by atoms with Crippen LogP contribution in [0.5, 0.6) is 5.75 Å². The molecule has 0 aliphatic rings. The van der Waals surface area contributed by atoms with Crippen LogP contribution >= 0.6 is 0 Å². The number of benzene rings is 2. The van der Waals surface area contributed by atoms with Gasteiger partial charge in [-0.3, -0.25) is 4.79 Å². The third-order valence-electron chi connectivity index (χ3n) is 3.79. The molecule has 0 heterocycles. The second kappa shape index (κ2) is 8.34. The molecule has 0 radical (unpaired) electrons. The summed E-state index contributed by atoms with van der Waals surface area (Å²) in [4.78, 5) is 24.2. The summed E-state index contributed by atoms with van der Waals surface area (Å²) in [6, 6.07) is 10.9. The summed E-state index contributed by atoms with van der Waals surface area (Å²) in [6.45, 7) is 3.70. The number of fused-ring (bicyclic) bond motifs is 1. The third-order valence-corrected chi connectivity index (χ3v) is 3.79. The number of hydrogen-bond donors (Lipinski definition) is 1. The van der Waals surface area contributed by atoms with Gasteiger partial charge < -0.3 is 14.8 Å². The van der Waals surface area contributed by atoms with Crippen molar-refractivity contribution in [3.8, 4) is 5.75 Å². The Labute approximate surface area is 141 Å². The molecule has 1 unspecified atom stereocenters. The minimum absolute atomic E-state index is 0.0722. The van der Waals surface area contributed by atoms with Gasteiger partial charge in [0, 0.05) is 11.4 Å². The minimum Gasteiger partial charge on any atom is -0.496 e. The van der Waals surface area contributed by atoms with Gasteiger partial charge in [-0.2, -0.15) is 0 Å². The van der Waals surface area contributed by atoms with Crippen molar-refractivity contribution in [2.24, 2.45) is 0 Å². The van der Waals surface area contributed by atoms with E-state index in [0.29, 0.717) is 11.3 Å². The molecule has 0 saturated heterocycles. The predicted molar refractivity (Wildman–Crippen MR) is 93.3 cm³/mol. The molecule has 5 heteroatoms. The van der Waals surface area contributed by atoms with Crippen molar-refractivity contribution in [3.05, 3.63) is 42.0 Å².